The minimum absolute atomic E-state index is 0.0234. The van der Waals surface area contributed by atoms with Crippen molar-refractivity contribution < 1.29 is 18.0 Å². The minimum Gasteiger partial charge on any atom is -0.357 e. The van der Waals surface area contributed by atoms with Gasteiger partial charge in [0, 0.05) is 13.6 Å². The van der Waals surface area contributed by atoms with Crippen molar-refractivity contribution in [1.82, 2.24) is 10.2 Å². The standard InChI is InChI=1S/C28H31Cl2N3O4S/c1-18-6-10-23(11-7-18)38(36,37)33(26-13-8-19(2)14-20(26)3)17-27(34)32(21(4)28(35)31-5)16-22-9-12-24(29)25(30)15-22/h6-15,21H,16-17H2,1-5H3,(H,31,35)/t21-/m1/s1. The first-order valence-corrected chi connectivity index (χ1v) is 14.2. The predicted octanol–water partition coefficient (Wildman–Crippen LogP) is 5.28. The summed E-state index contributed by atoms with van der Waals surface area (Å²) >= 11 is 12.2. The maximum Gasteiger partial charge on any atom is 0.264 e. The van der Waals surface area contributed by atoms with Crippen LogP contribution in [0.5, 0.6) is 0 Å². The van der Waals surface area contributed by atoms with Gasteiger partial charge in [-0.05, 0) is 69.2 Å². The van der Waals surface area contributed by atoms with Crippen LogP contribution in [-0.2, 0) is 26.2 Å². The summed E-state index contributed by atoms with van der Waals surface area (Å²) in [4.78, 5) is 27.8. The fourth-order valence-electron chi connectivity index (χ4n) is 4.06. The second-order valence-corrected chi connectivity index (χ2v) is 11.9. The first-order valence-electron chi connectivity index (χ1n) is 12.0. The van der Waals surface area contributed by atoms with Crippen molar-refractivity contribution in [2.75, 3.05) is 17.9 Å². The van der Waals surface area contributed by atoms with Gasteiger partial charge in [-0.3, -0.25) is 13.9 Å². The molecule has 0 saturated heterocycles. The summed E-state index contributed by atoms with van der Waals surface area (Å²) in [5.41, 5.74) is 3.59. The molecule has 1 N–H and O–H groups in total. The smallest absolute Gasteiger partial charge is 0.264 e. The topological polar surface area (TPSA) is 86.8 Å². The van der Waals surface area contributed by atoms with Gasteiger partial charge in [0.05, 0.1) is 20.6 Å². The van der Waals surface area contributed by atoms with E-state index in [0.717, 1.165) is 15.4 Å². The lowest BCUT2D eigenvalue weighted by molar-refractivity contribution is -0.139. The number of halogens is 2. The molecule has 0 fully saturated rings. The molecule has 0 aliphatic rings. The summed E-state index contributed by atoms with van der Waals surface area (Å²) in [6.45, 7) is 6.67. The van der Waals surface area contributed by atoms with Gasteiger partial charge in [-0.15, -0.1) is 0 Å². The van der Waals surface area contributed by atoms with Gasteiger partial charge in [-0.2, -0.15) is 0 Å². The molecule has 3 aromatic carbocycles. The molecule has 0 unspecified atom stereocenters. The van der Waals surface area contributed by atoms with Crippen molar-refractivity contribution in [3.8, 4) is 0 Å². The lowest BCUT2D eigenvalue weighted by Crippen LogP contribution is -2.50. The van der Waals surface area contributed by atoms with E-state index in [2.05, 4.69) is 5.32 Å². The van der Waals surface area contributed by atoms with Crippen LogP contribution in [-0.4, -0.2) is 44.8 Å². The van der Waals surface area contributed by atoms with Crippen molar-refractivity contribution in [2.45, 2.75) is 45.2 Å². The third-order valence-electron chi connectivity index (χ3n) is 6.26. The zero-order valence-corrected chi connectivity index (χ0v) is 24.3. The van der Waals surface area contributed by atoms with E-state index in [9.17, 15) is 18.0 Å². The van der Waals surface area contributed by atoms with E-state index < -0.39 is 34.4 Å². The molecular formula is C28H31Cl2N3O4S. The van der Waals surface area contributed by atoms with Crippen LogP contribution in [0.2, 0.25) is 10.0 Å². The zero-order chi connectivity index (χ0) is 28.2. The molecule has 3 aromatic rings. The highest BCUT2D eigenvalue weighted by Gasteiger charge is 2.33. The number of aryl methyl sites for hydroxylation is 3. The maximum absolute atomic E-state index is 13.9. The molecule has 10 heteroatoms. The third kappa shape index (κ3) is 6.67. The van der Waals surface area contributed by atoms with Gasteiger partial charge in [-0.1, -0.05) is 64.7 Å². The van der Waals surface area contributed by atoms with Crippen molar-refractivity contribution in [1.29, 1.82) is 0 Å². The molecule has 0 aliphatic carbocycles. The van der Waals surface area contributed by atoms with E-state index in [0.29, 0.717) is 26.9 Å². The highest BCUT2D eigenvalue weighted by atomic mass is 35.5. The Labute approximate surface area is 234 Å². The Bertz CT molecular complexity index is 1440. The number of hydrogen-bond acceptors (Lipinski definition) is 4. The third-order valence-corrected chi connectivity index (χ3v) is 8.77. The predicted molar refractivity (Wildman–Crippen MR) is 152 cm³/mol. The van der Waals surface area contributed by atoms with Crippen molar-refractivity contribution in [2.24, 2.45) is 0 Å². The molecule has 1 atom stereocenters. The Hall–Kier alpha value is -3.07. The number of anilines is 1. The van der Waals surface area contributed by atoms with Gasteiger partial charge >= 0.3 is 0 Å². The van der Waals surface area contributed by atoms with Crippen LogP contribution in [0.4, 0.5) is 5.69 Å². The number of benzene rings is 3. The maximum atomic E-state index is 13.9. The number of rotatable bonds is 9. The highest BCUT2D eigenvalue weighted by Crippen LogP contribution is 2.29. The summed E-state index contributed by atoms with van der Waals surface area (Å²) in [5, 5.41) is 3.22. The van der Waals surface area contributed by atoms with E-state index >= 15 is 0 Å². The van der Waals surface area contributed by atoms with Crippen LogP contribution in [0.3, 0.4) is 0 Å². The second kappa shape index (κ2) is 12.2. The number of nitrogens with one attached hydrogen (secondary N) is 1. The van der Waals surface area contributed by atoms with Crippen LogP contribution in [0.25, 0.3) is 0 Å². The summed E-state index contributed by atoms with van der Waals surface area (Å²) in [5.74, 6) is -0.944. The van der Waals surface area contributed by atoms with Gasteiger partial charge in [0.15, 0.2) is 0 Å². The SMILES string of the molecule is CNC(=O)[C@@H](C)N(Cc1ccc(Cl)c(Cl)c1)C(=O)CN(c1ccc(C)cc1C)S(=O)(=O)c1ccc(C)cc1. The number of hydrogen-bond donors (Lipinski definition) is 1. The number of amides is 2. The Morgan fingerprint density at radius 3 is 2.11 bits per heavy atom. The van der Waals surface area contributed by atoms with Crippen LogP contribution in [0.1, 0.15) is 29.2 Å². The number of likely N-dealkylation sites (N-methyl/N-ethyl adjacent to an activating group) is 1. The average Bonchev–Trinajstić information content (AvgIpc) is 2.87. The zero-order valence-electron chi connectivity index (χ0n) is 22.0. The summed E-state index contributed by atoms with van der Waals surface area (Å²) < 4.78 is 28.9. The average molecular weight is 577 g/mol. The molecule has 0 bridgehead atoms. The highest BCUT2D eigenvalue weighted by molar-refractivity contribution is 7.92. The van der Waals surface area contributed by atoms with Gasteiger partial charge in [0.1, 0.15) is 12.6 Å². The number of carbonyl (C=O) groups excluding carboxylic acids is 2. The van der Waals surface area contributed by atoms with E-state index in [1.54, 1.807) is 56.3 Å². The molecule has 0 aliphatic heterocycles. The van der Waals surface area contributed by atoms with E-state index in [1.165, 1.54) is 24.1 Å². The molecular weight excluding hydrogens is 545 g/mol. The monoisotopic (exact) mass is 575 g/mol. The second-order valence-electron chi connectivity index (χ2n) is 9.17. The van der Waals surface area contributed by atoms with Crippen LogP contribution < -0.4 is 9.62 Å². The number of nitrogens with zero attached hydrogens (tertiary/aromatic N) is 2. The van der Waals surface area contributed by atoms with Gasteiger partial charge < -0.3 is 10.2 Å². The minimum atomic E-state index is -4.12. The molecule has 38 heavy (non-hydrogen) atoms. The Balaban J connectivity index is 2.07. The summed E-state index contributed by atoms with van der Waals surface area (Å²) in [6.07, 6.45) is 0. The first-order chi connectivity index (χ1) is 17.8. The lowest BCUT2D eigenvalue weighted by Gasteiger charge is -2.32. The quantitative estimate of drug-likeness (QED) is 0.376. The Morgan fingerprint density at radius 1 is 0.895 bits per heavy atom. The largest absolute Gasteiger partial charge is 0.357 e. The molecule has 3 rings (SSSR count). The number of sulfonamides is 1. The Morgan fingerprint density at radius 2 is 1.53 bits per heavy atom. The summed E-state index contributed by atoms with van der Waals surface area (Å²) in [7, 11) is -2.65. The lowest BCUT2D eigenvalue weighted by atomic mass is 10.1. The van der Waals surface area contributed by atoms with E-state index in [1.807, 2.05) is 19.9 Å². The number of carbonyl (C=O) groups is 2. The van der Waals surface area contributed by atoms with E-state index in [4.69, 9.17) is 23.2 Å². The van der Waals surface area contributed by atoms with E-state index in [-0.39, 0.29) is 11.4 Å². The first kappa shape index (κ1) is 29.5. The molecule has 0 heterocycles. The fraction of sp³-hybridized carbons (Fsp3) is 0.286. The van der Waals surface area contributed by atoms with Gasteiger partial charge in [0.2, 0.25) is 11.8 Å². The van der Waals surface area contributed by atoms with Crippen molar-refractivity contribution in [3.63, 3.8) is 0 Å². The normalized spacial score (nSPS) is 12.1. The molecule has 0 aromatic heterocycles. The molecule has 0 spiro atoms. The van der Waals surface area contributed by atoms with Gasteiger partial charge in [-0.25, -0.2) is 8.42 Å². The Kier molecular flexibility index (Phi) is 9.46. The molecule has 202 valence electrons. The van der Waals surface area contributed by atoms with Crippen LogP contribution >= 0.6 is 23.2 Å². The van der Waals surface area contributed by atoms with Crippen LogP contribution in [0, 0.1) is 20.8 Å². The van der Waals surface area contributed by atoms with Crippen molar-refractivity contribution in [3.05, 3.63) is 93.0 Å². The molecule has 0 radical (unpaired) electrons. The van der Waals surface area contributed by atoms with Gasteiger partial charge in [0.25, 0.3) is 10.0 Å². The molecule has 0 saturated carbocycles. The van der Waals surface area contributed by atoms with Crippen LogP contribution in [0.15, 0.2) is 65.6 Å². The summed E-state index contributed by atoms with van der Waals surface area (Å²) in [6, 6.07) is 15.8. The molecule has 2 amide bonds. The van der Waals surface area contributed by atoms with Crippen molar-refractivity contribution >= 4 is 50.7 Å². The fourth-order valence-corrected chi connectivity index (χ4v) is 5.86. The molecule has 7 nitrogen and oxygen atoms in total.